The van der Waals surface area contributed by atoms with E-state index in [0.717, 1.165) is 0 Å². The Morgan fingerprint density at radius 2 is 1.85 bits per heavy atom. The van der Waals surface area contributed by atoms with Crippen LogP contribution in [0.2, 0.25) is 0 Å². The second-order valence-corrected chi connectivity index (χ2v) is 8.67. The monoisotopic (exact) mass is 458 g/mol. The number of aromatic amines is 1. The first-order valence-electron chi connectivity index (χ1n) is 10.6. The molecule has 7 heteroatoms. The number of rotatable bonds is 5. The Balaban J connectivity index is 2.03. The fraction of sp³-hybridized carbons (Fsp3) is 0.185. The van der Waals surface area contributed by atoms with Gasteiger partial charge in [0.05, 0.1) is 22.4 Å². The summed E-state index contributed by atoms with van der Waals surface area (Å²) in [6.45, 7) is 6.77. The fourth-order valence-electron chi connectivity index (χ4n) is 3.92. The van der Waals surface area contributed by atoms with Crippen LogP contribution >= 0.6 is 0 Å². The van der Waals surface area contributed by atoms with E-state index in [9.17, 15) is 19.1 Å². The number of pyridine rings is 1. The first-order chi connectivity index (χ1) is 16.0. The number of terminal acetylenes is 1. The number of ketones is 1. The molecule has 34 heavy (non-hydrogen) atoms. The lowest BCUT2D eigenvalue weighted by molar-refractivity contribution is 0.0785. The number of fused-ring (bicyclic) bond motifs is 1. The van der Waals surface area contributed by atoms with E-state index in [1.165, 1.54) is 18.3 Å². The number of aromatic nitrogens is 2. The zero-order valence-corrected chi connectivity index (χ0v) is 19.2. The largest absolute Gasteiger partial charge is 0.455 e. The molecule has 0 saturated carbocycles. The minimum absolute atomic E-state index is 0.175. The molecule has 2 N–H and O–H groups in total. The zero-order valence-electron chi connectivity index (χ0n) is 19.2. The molecule has 2 aromatic carbocycles. The lowest BCUT2D eigenvalue weighted by Crippen LogP contribution is -2.19. The van der Waals surface area contributed by atoms with Crippen molar-refractivity contribution in [3.8, 4) is 29.5 Å². The van der Waals surface area contributed by atoms with E-state index >= 15 is 0 Å². The Hall–Kier alpha value is -4.15. The summed E-state index contributed by atoms with van der Waals surface area (Å²) in [5.41, 5.74) is 1.07. The van der Waals surface area contributed by atoms with Crippen LogP contribution in [0, 0.1) is 32.0 Å². The molecule has 2 aromatic heterocycles. The SMILES string of the molecule is C#CC(=O)c1cn(-c2cc(C(C)(C)O)ccc2Oc2c(C)cc(F)cc2C)c2cc[nH]c2c1=O. The molecule has 172 valence electrons. The number of nitrogens with zero attached hydrogens (tertiary/aromatic N) is 1. The van der Waals surface area contributed by atoms with Gasteiger partial charge < -0.3 is 19.4 Å². The van der Waals surface area contributed by atoms with Gasteiger partial charge in [-0.15, -0.1) is 6.42 Å². The predicted molar refractivity (Wildman–Crippen MR) is 128 cm³/mol. The maximum atomic E-state index is 13.8. The van der Waals surface area contributed by atoms with Gasteiger partial charge in [-0.05, 0) is 80.6 Å². The standard InChI is InChI=1S/C27H23FN2O4/c1-6-22(31)19-14-30(20-9-10-29-24(20)25(19)32)21-13-17(27(4,5)33)7-8-23(21)34-26-15(2)11-18(28)12-16(26)3/h1,7-14,29,33H,2-5H3. The molecule has 0 aliphatic carbocycles. The number of Topliss-reactive ketones (excluding diaryl/α,β-unsaturated/α-hetero) is 1. The minimum Gasteiger partial charge on any atom is -0.455 e. The van der Waals surface area contributed by atoms with Crippen molar-refractivity contribution in [2.75, 3.05) is 0 Å². The summed E-state index contributed by atoms with van der Waals surface area (Å²) in [4.78, 5) is 28.0. The third kappa shape index (κ3) is 4.00. The number of hydrogen-bond donors (Lipinski definition) is 2. The van der Waals surface area contributed by atoms with E-state index in [4.69, 9.17) is 11.2 Å². The Kier molecular flexibility index (Phi) is 5.64. The molecule has 0 atom stereocenters. The summed E-state index contributed by atoms with van der Waals surface area (Å²) in [5.74, 6) is 1.73. The Labute approximate surface area is 195 Å². The van der Waals surface area contributed by atoms with Gasteiger partial charge in [0, 0.05) is 12.4 Å². The van der Waals surface area contributed by atoms with Gasteiger partial charge in [0.1, 0.15) is 17.1 Å². The third-order valence-corrected chi connectivity index (χ3v) is 5.65. The summed E-state index contributed by atoms with van der Waals surface area (Å²) in [6, 6.07) is 9.56. The van der Waals surface area contributed by atoms with Gasteiger partial charge in [0.25, 0.3) is 0 Å². The average molecular weight is 458 g/mol. The molecule has 0 fully saturated rings. The molecule has 0 bridgehead atoms. The van der Waals surface area contributed by atoms with Gasteiger partial charge in [-0.25, -0.2) is 4.39 Å². The summed E-state index contributed by atoms with van der Waals surface area (Å²) < 4.78 is 21.7. The molecule has 0 saturated heterocycles. The normalized spacial score (nSPS) is 11.4. The topological polar surface area (TPSA) is 84.3 Å². The highest BCUT2D eigenvalue weighted by molar-refractivity contribution is 6.09. The molecular weight excluding hydrogens is 435 g/mol. The van der Waals surface area contributed by atoms with Gasteiger partial charge >= 0.3 is 0 Å². The maximum Gasteiger partial charge on any atom is 0.241 e. The van der Waals surface area contributed by atoms with Crippen LogP contribution in [0.25, 0.3) is 16.7 Å². The number of ether oxygens (including phenoxy) is 1. The van der Waals surface area contributed by atoms with Crippen molar-refractivity contribution < 1.29 is 19.0 Å². The van der Waals surface area contributed by atoms with Crippen molar-refractivity contribution in [2.24, 2.45) is 0 Å². The number of carbonyl (C=O) groups excluding carboxylic acids is 1. The van der Waals surface area contributed by atoms with Crippen LogP contribution in [-0.4, -0.2) is 20.4 Å². The molecule has 6 nitrogen and oxygen atoms in total. The number of H-pyrrole nitrogens is 1. The van der Waals surface area contributed by atoms with Crippen LogP contribution in [-0.2, 0) is 5.60 Å². The Morgan fingerprint density at radius 1 is 1.18 bits per heavy atom. The molecule has 0 aliphatic rings. The van der Waals surface area contributed by atoms with Crippen molar-refractivity contribution in [1.29, 1.82) is 0 Å². The summed E-state index contributed by atoms with van der Waals surface area (Å²) in [7, 11) is 0. The van der Waals surface area contributed by atoms with Crippen LogP contribution in [0.3, 0.4) is 0 Å². The number of aryl methyl sites for hydroxylation is 2. The Bertz CT molecular complexity index is 1520. The van der Waals surface area contributed by atoms with E-state index in [2.05, 4.69) is 4.98 Å². The first kappa shape index (κ1) is 23.0. The molecule has 2 heterocycles. The van der Waals surface area contributed by atoms with Gasteiger partial charge in [-0.2, -0.15) is 0 Å². The van der Waals surface area contributed by atoms with Gasteiger partial charge in [-0.3, -0.25) is 9.59 Å². The van der Waals surface area contributed by atoms with E-state index in [0.29, 0.717) is 39.4 Å². The van der Waals surface area contributed by atoms with Crippen LogP contribution in [0.1, 0.15) is 40.9 Å². The molecule has 0 aliphatic heterocycles. The van der Waals surface area contributed by atoms with Crippen LogP contribution in [0.15, 0.2) is 53.6 Å². The lowest BCUT2D eigenvalue weighted by atomic mass is 9.97. The quantitative estimate of drug-likeness (QED) is 0.253. The van der Waals surface area contributed by atoms with E-state index in [1.54, 1.807) is 62.7 Å². The van der Waals surface area contributed by atoms with Gasteiger partial charge in [0.2, 0.25) is 11.2 Å². The van der Waals surface area contributed by atoms with Gasteiger partial charge in [0.15, 0.2) is 5.75 Å². The molecule has 4 aromatic rings. The smallest absolute Gasteiger partial charge is 0.241 e. The summed E-state index contributed by atoms with van der Waals surface area (Å²) >= 11 is 0. The molecule has 0 unspecified atom stereocenters. The Morgan fingerprint density at radius 3 is 2.47 bits per heavy atom. The number of halogens is 1. The number of benzene rings is 2. The summed E-state index contributed by atoms with van der Waals surface area (Å²) in [5, 5.41) is 10.6. The second kappa shape index (κ2) is 8.32. The summed E-state index contributed by atoms with van der Waals surface area (Å²) in [6.07, 6.45) is 8.25. The van der Waals surface area contributed by atoms with Crippen LogP contribution in [0.4, 0.5) is 4.39 Å². The second-order valence-electron chi connectivity index (χ2n) is 8.67. The number of nitrogens with one attached hydrogen (secondary N) is 1. The predicted octanol–water partition coefficient (Wildman–Crippen LogP) is 4.91. The van der Waals surface area contributed by atoms with Crippen molar-refractivity contribution >= 4 is 16.8 Å². The number of carbonyl (C=O) groups is 1. The van der Waals surface area contributed by atoms with E-state index in [-0.39, 0.29) is 16.9 Å². The fourth-order valence-corrected chi connectivity index (χ4v) is 3.92. The van der Waals surface area contributed by atoms with Crippen molar-refractivity contribution in [3.63, 3.8) is 0 Å². The van der Waals surface area contributed by atoms with Gasteiger partial charge in [-0.1, -0.05) is 6.07 Å². The van der Waals surface area contributed by atoms with Crippen molar-refractivity contribution in [1.82, 2.24) is 9.55 Å². The van der Waals surface area contributed by atoms with E-state index in [1.807, 2.05) is 5.92 Å². The van der Waals surface area contributed by atoms with Crippen LogP contribution in [0.5, 0.6) is 11.5 Å². The van der Waals surface area contributed by atoms with Crippen LogP contribution < -0.4 is 10.2 Å². The minimum atomic E-state index is -1.18. The van der Waals surface area contributed by atoms with Crippen molar-refractivity contribution in [2.45, 2.75) is 33.3 Å². The number of aliphatic hydroxyl groups is 1. The molecule has 4 rings (SSSR count). The molecule has 0 radical (unpaired) electrons. The highest BCUT2D eigenvalue weighted by Crippen LogP contribution is 2.36. The highest BCUT2D eigenvalue weighted by Gasteiger charge is 2.22. The molecule has 0 amide bonds. The lowest BCUT2D eigenvalue weighted by Gasteiger charge is -2.22. The molecule has 0 spiro atoms. The number of hydrogen-bond acceptors (Lipinski definition) is 4. The average Bonchev–Trinajstić information content (AvgIpc) is 3.26. The highest BCUT2D eigenvalue weighted by atomic mass is 19.1. The van der Waals surface area contributed by atoms with E-state index < -0.39 is 16.8 Å². The first-order valence-corrected chi connectivity index (χ1v) is 10.6. The maximum absolute atomic E-state index is 13.8. The third-order valence-electron chi connectivity index (χ3n) is 5.65. The van der Waals surface area contributed by atoms with Crippen molar-refractivity contribution in [3.05, 3.63) is 87.1 Å². The molecular formula is C27H23FN2O4. The zero-order chi connectivity index (χ0) is 24.8.